The Morgan fingerprint density at radius 3 is 2.56 bits per heavy atom. The highest BCUT2D eigenvalue weighted by Gasteiger charge is 2.41. The first kappa shape index (κ1) is 17.9. The predicted molar refractivity (Wildman–Crippen MR) is 98.0 cm³/mol. The second kappa shape index (κ2) is 7.56. The molecule has 1 aromatic heterocycles. The summed E-state index contributed by atoms with van der Waals surface area (Å²) in [5.41, 5.74) is 0.515. The predicted octanol–water partition coefficient (Wildman–Crippen LogP) is 4.22. The van der Waals surface area contributed by atoms with Gasteiger partial charge in [-0.15, -0.1) is 0 Å². The highest BCUT2D eigenvalue weighted by atomic mass is 79.9. The zero-order chi connectivity index (χ0) is 17.9. The number of nitrogens with one attached hydrogen (secondary N) is 2. The van der Waals surface area contributed by atoms with E-state index < -0.39 is 5.54 Å². The molecular weight excluding hydrogens is 384 g/mol. The van der Waals surface area contributed by atoms with Gasteiger partial charge in [0.2, 0.25) is 5.89 Å². The van der Waals surface area contributed by atoms with E-state index >= 15 is 0 Å². The van der Waals surface area contributed by atoms with Gasteiger partial charge in [0.15, 0.2) is 5.82 Å². The van der Waals surface area contributed by atoms with Crippen molar-refractivity contribution in [1.82, 2.24) is 20.8 Å². The average molecular weight is 407 g/mol. The molecule has 25 heavy (non-hydrogen) atoms. The maximum atomic E-state index is 12.4. The van der Waals surface area contributed by atoms with Crippen LogP contribution in [0, 0.1) is 0 Å². The molecule has 1 aliphatic carbocycles. The van der Waals surface area contributed by atoms with Crippen molar-refractivity contribution < 1.29 is 9.32 Å². The molecule has 1 aliphatic rings. The summed E-state index contributed by atoms with van der Waals surface area (Å²) in [6, 6.07) is 7.66. The van der Waals surface area contributed by atoms with Gasteiger partial charge in [0.25, 0.3) is 0 Å². The van der Waals surface area contributed by atoms with E-state index in [0.717, 1.165) is 35.7 Å². The Labute approximate surface area is 155 Å². The first-order chi connectivity index (χ1) is 12.0. The minimum atomic E-state index is -0.527. The number of amides is 2. The van der Waals surface area contributed by atoms with E-state index in [0.29, 0.717) is 18.3 Å². The molecule has 7 heteroatoms. The number of carbonyl (C=O) groups is 1. The van der Waals surface area contributed by atoms with Crippen molar-refractivity contribution in [2.75, 3.05) is 0 Å². The van der Waals surface area contributed by atoms with Crippen molar-refractivity contribution in [3.8, 4) is 0 Å². The molecule has 0 spiro atoms. The Hall–Kier alpha value is -1.89. The summed E-state index contributed by atoms with van der Waals surface area (Å²) in [6.07, 6.45) is 3.74. The van der Waals surface area contributed by atoms with E-state index in [2.05, 4.69) is 36.7 Å². The van der Waals surface area contributed by atoms with Crippen LogP contribution in [-0.4, -0.2) is 16.2 Å². The third-order valence-corrected chi connectivity index (χ3v) is 5.07. The molecule has 2 aromatic rings. The van der Waals surface area contributed by atoms with Crippen LogP contribution in [0.4, 0.5) is 4.79 Å². The molecule has 0 atom stereocenters. The van der Waals surface area contributed by atoms with E-state index in [1.807, 2.05) is 38.1 Å². The lowest BCUT2D eigenvalue weighted by molar-refractivity contribution is 0.220. The average Bonchev–Trinajstić information content (AvgIpc) is 3.24. The summed E-state index contributed by atoms with van der Waals surface area (Å²) in [5, 5.41) is 10.2. The summed E-state index contributed by atoms with van der Waals surface area (Å²) in [5.74, 6) is 1.37. The Balaban J connectivity index is 1.66. The number of hydrogen-bond acceptors (Lipinski definition) is 4. The minimum absolute atomic E-state index is 0.172. The molecule has 1 heterocycles. The molecule has 1 aromatic carbocycles. The van der Waals surface area contributed by atoms with Crippen LogP contribution in [0.25, 0.3) is 0 Å². The van der Waals surface area contributed by atoms with E-state index in [9.17, 15) is 4.79 Å². The number of aromatic nitrogens is 2. The lowest BCUT2D eigenvalue weighted by Crippen LogP contribution is -2.49. The number of benzene rings is 1. The summed E-state index contributed by atoms with van der Waals surface area (Å²) in [7, 11) is 0. The lowest BCUT2D eigenvalue weighted by Gasteiger charge is -2.26. The van der Waals surface area contributed by atoms with E-state index in [4.69, 9.17) is 4.52 Å². The third-order valence-electron chi connectivity index (χ3n) is 4.54. The molecule has 6 nitrogen and oxygen atoms in total. The number of rotatable bonds is 5. The van der Waals surface area contributed by atoms with Gasteiger partial charge in [0.1, 0.15) is 5.54 Å². The molecule has 3 rings (SSSR count). The standard InChI is InChI=1S/C18H23BrN4O2/c1-12(2)15-21-16(23-25-15)18(9-3-4-10-18)22-17(24)20-11-13-5-7-14(19)8-6-13/h5-8,12H,3-4,9-11H2,1-2H3,(H2,20,22,24). The number of hydrogen-bond donors (Lipinski definition) is 2. The zero-order valence-corrected chi connectivity index (χ0v) is 16.1. The summed E-state index contributed by atoms with van der Waals surface area (Å²) >= 11 is 3.41. The Morgan fingerprint density at radius 2 is 1.96 bits per heavy atom. The Bertz CT molecular complexity index is 721. The van der Waals surface area contributed by atoms with Crippen LogP contribution >= 0.6 is 15.9 Å². The maximum absolute atomic E-state index is 12.4. The molecule has 1 fully saturated rings. The highest BCUT2D eigenvalue weighted by Crippen LogP contribution is 2.37. The molecule has 0 aliphatic heterocycles. The molecule has 0 radical (unpaired) electrons. The number of urea groups is 1. The molecule has 2 N–H and O–H groups in total. The molecule has 0 bridgehead atoms. The molecular formula is C18H23BrN4O2. The van der Waals surface area contributed by atoms with Gasteiger partial charge in [-0.2, -0.15) is 4.98 Å². The van der Waals surface area contributed by atoms with E-state index in [1.54, 1.807) is 0 Å². The summed E-state index contributed by atoms with van der Waals surface area (Å²) < 4.78 is 6.37. The molecule has 0 unspecified atom stereocenters. The molecule has 134 valence electrons. The van der Waals surface area contributed by atoms with Crippen LogP contribution in [-0.2, 0) is 12.1 Å². The Morgan fingerprint density at radius 1 is 1.28 bits per heavy atom. The van der Waals surface area contributed by atoms with Crippen molar-refractivity contribution in [3.05, 3.63) is 46.0 Å². The van der Waals surface area contributed by atoms with Gasteiger partial charge >= 0.3 is 6.03 Å². The van der Waals surface area contributed by atoms with Crippen LogP contribution in [0.1, 0.15) is 62.7 Å². The first-order valence-electron chi connectivity index (χ1n) is 8.63. The van der Waals surface area contributed by atoms with E-state index in [1.165, 1.54) is 0 Å². The largest absolute Gasteiger partial charge is 0.339 e. The van der Waals surface area contributed by atoms with Crippen LogP contribution in [0.2, 0.25) is 0 Å². The van der Waals surface area contributed by atoms with Gasteiger partial charge in [0.05, 0.1) is 0 Å². The third kappa shape index (κ3) is 4.21. The second-order valence-electron chi connectivity index (χ2n) is 6.83. The quantitative estimate of drug-likeness (QED) is 0.778. The van der Waals surface area contributed by atoms with Crippen molar-refractivity contribution in [3.63, 3.8) is 0 Å². The second-order valence-corrected chi connectivity index (χ2v) is 7.75. The van der Waals surface area contributed by atoms with Crippen LogP contribution in [0.3, 0.4) is 0 Å². The van der Waals surface area contributed by atoms with E-state index in [-0.39, 0.29) is 11.9 Å². The SMILES string of the molecule is CC(C)c1nc(C2(NC(=O)NCc3ccc(Br)cc3)CCCC2)no1. The van der Waals surface area contributed by atoms with Crippen molar-refractivity contribution >= 4 is 22.0 Å². The number of carbonyl (C=O) groups excluding carboxylic acids is 1. The number of halogens is 1. The summed E-state index contributed by atoms with van der Waals surface area (Å²) in [4.78, 5) is 17.0. The number of nitrogens with zero attached hydrogens (tertiary/aromatic N) is 2. The van der Waals surface area contributed by atoms with Crippen LogP contribution < -0.4 is 10.6 Å². The van der Waals surface area contributed by atoms with Crippen molar-refractivity contribution in [1.29, 1.82) is 0 Å². The highest BCUT2D eigenvalue weighted by molar-refractivity contribution is 9.10. The maximum Gasteiger partial charge on any atom is 0.315 e. The minimum Gasteiger partial charge on any atom is -0.339 e. The van der Waals surface area contributed by atoms with Gasteiger partial charge in [0, 0.05) is 16.9 Å². The summed E-state index contributed by atoms with van der Waals surface area (Å²) in [6.45, 7) is 4.49. The zero-order valence-electron chi connectivity index (χ0n) is 14.5. The fourth-order valence-corrected chi connectivity index (χ4v) is 3.36. The smallest absolute Gasteiger partial charge is 0.315 e. The van der Waals surface area contributed by atoms with Gasteiger partial charge in [-0.3, -0.25) is 0 Å². The monoisotopic (exact) mass is 406 g/mol. The van der Waals surface area contributed by atoms with Gasteiger partial charge in [-0.1, -0.05) is 59.9 Å². The fraction of sp³-hybridized carbons (Fsp3) is 0.500. The topological polar surface area (TPSA) is 80.0 Å². The lowest BCUT2D eigenvalue weighted by atomic mass is 9.97. The van der Waals surface area contributed by atoms with Gasteiger partial charge in [-0.05, 0) is 30.5 Å². The molecule has 1 saturated carbocycles. The van der Waals surface area contributed by atoms with Gasteiger partial charge < -0.3 is 15.2 Å². The van der Waals surface area contributed by atoms with Crippen molar-refractivity contribution in [2.24, 2.45) is 0 Å². The molecule has 0 saturated heterocycles. The van der Waals surface area contributed by atoms with Gasteiger partial charge in [-0.25, -0.2) is 4.79 Å². The van der Waals surface area contributed by atoms with Crippen molar-refractivity contribution in [2.45, 2.75) is 57.5 Å². The van der Waals surface area contributed by atoms with Crippen LogP contribution in [0.15, 0.2) is 33.3 Å². The van der Waals surface area contributed by atoms with Crippen LogP contribution in [0.5, 0.6) is 0 Å². The molecule has 2 amide bonds. The fourth-order valence-electron chi connectivity index (χ4n) is 3.09. The normalized spacial score (nSPS) is 16.2. The first-order valence-corrected chi connectivity index (χ1v) is 9.42. The Kier molecular flexibility index (Phi) is 5.42.